The number of anilines is 1. The monoisotopic (exact) mass is 414 g/mol. The van der Waals surface area contributed by atoms with Crippen LogP contribution < -0.4 is 10.1 Å². The number of halogens is 2. The fraction of sp³-hybridized carbons (Fsp3) is 0.375. The number of hydrogen-bond donors (Lipinski definition) is 1. The van der Waals surface area contributed by atoms with E-state index in [1.54, 1.807) is 7.11 Å². The molecule has 1 aromatic heterocycles. The van der Waals surface area contributed by atoms with Gasteiger partial charge in [-0.1, -0.05) is 0 Å². The van der Waals surface area contributed by atoms with E-state index in [2.05, 4.69) is 68.6 Å². The first-order valence-electron chi connectivity index (χ1n) is 6.90. The van der Waals surface area contributed by atoms with Gasteiger partial charge in [-0.05, 0) is 70.3 Å². The molecule has 0 unspecified atom stereocenters. The normalized spacial score (nSPS) is 10.8. The summed E-state index contributed by atoms with van der Waals surface area (Å²) < 4.78 is 9.62. The van der Waals surface area contributed by atoms with Gasteiger partial charge in [0.25, 0.3) is 0 Å². The third-order valence-corrected chi connectivity index (χ3v) is 4.98. The summed E-state index contributed by atoms with van der Waals surface area (Å²) in [5, 5.41) is 3.48. The molecule has 0 aliphatic carbocycles. The fourth-order valence-corrected chi connectivity index (χ4v) is 3.85. The van der Waals surface area contributed by atoms with E-state index in [0.717, 1.165) is 33.5 Å². The zero-order valence-corrected chi connectivity index (χ0v) is 15.9. The Hall–Kier alpha value is -0.940. The van der Waals surface area contributed by atoms with Crippen molar-refractivity contribution in [2.75, 3.05) is 12.4 Å². The maximum Gasteiger partial charge on any atom is 0.135 e. The van der Waals surface area contributed by atoms with Gasteiger partial charge < -0.3 is 14.6 Å². The Morgan fingerprint density at radius 1 is 1.14 bits per heavy atom. The first-order valence-corrected chi connectivity index (χ1v) is 8.49. The molecule has 0 aliphatic heterocycles. The van der Waals surface area contributed by atoms with Gasteiger partial charge in [-0.25, -0.2) is 0 Å². The molecule has 5 heteroatoms. The number of ether oxygens (including phenoxy) is 1. The Balaban J connectivity index is 2.20. The van der Waals surface area contributed by atoms with Crippen LogP contribution in [0.3, 0.4) is 0 Å². The Morgan fingerprint density at radius 2 is 1.86 bits per heavy atom. The van der Waals surface area contributed by atoms with E-state index in [-0.39, 0.29) is 0 Å². The number of nitrogens with zero attached hydrogens (tertiary/aromatic N) is 1. The summed E-state index contributed by atoms with van der Waals surface area (Å²) in [6.07, 6.45) is 0. The van der Waals surface area contributed by atoms with Gasteiger partial charge in [0.1, 0.15) is 5.75 Å². The first kappa shape index (κ1) is 16.4. The molecule has 0 radical (unpaired) electrons. The highest BCUT2D eigenvalue weighted by molar-refractivity contribution is 9.11. The lowest BCUT2D eigenvalue weighted by Gasteiger charge is -2.12. The minimum absolute atomic E-state index is 0.795. The van der Waals surface area contributed by atoms with Gasteiger partial charge in [0.15, 0.2) is 0 Å². The summed E-state index contributed by atoms with van der Waals surface area (Å²) >= 11 is 7.07. The van der Waals surface area contributed by atoms with Crippen LogP contribution in [0.4, 0.5) is 5.69 Å². The lowest BCUT2D eigenvalue weighted by Crippen LogP contribution is -2.03. The van der Waals surface area contributed by atoms with Crippen LogP contribution in [0.1, 0.15) is 23.9 Å². The lowest BCUT2D eigenvalue weighted by molar-refractivity contribution is 0.412. The Morgan fingerprint density at radius 3 is 2.43 bits per heavy atom. The van der Waals surface area contributed by atoms with E-state index in [9.17, 15) is 0 Å². The van der Waals surface area contributed by atoms with Gasteiger partial charge in [-0.15, -0.1) is 0 Å². The molecule has 0 aliphatic rings. The SMILES string of the molecule is CCn1c(C)cc(CNc2cc(OC)c(Br)cc2Br)c1C. The van der Waals surface area contributed by atoms with Crippen molar-refractivity contribution in [2.24, 2.45) is 0 Å². The molecule has 114 valence electrons. The lowest BCUT2D eigenvalue weighted by atomic mass is 10.2. The summed E-state index contributed by atoms with van der Waals surface area (Å²) in [6.45, 7) is 8.30. The molecule has 0 bridgehead atoms. The molecule has 1 heterocycles. The molecule has 0 spiro atoms. The number of methoxy groups -OCH3 is 1. The van der Waals surface area contributed by atoms with Crippen LogP contribution >= 0.6 is 31.9 Å². The zero-order valence-electron chi connectivity index (χ0n) is 12.8. The van der Waals surface area contributed by atoms with Crippen molar-refractivity contribution in [3.63, 3.8) is 0 Å². The second kappa shape index (κ2) is 6.88. The van der Waals surface area contributed by atoms with Crippen LogP contribution in [0.2, 0.25) is 0 Å². The maximum absolute atomic E-state index is 5.35. The van der Waals surface area contributed by atoms with E-state index in [4.69, 9.17) is 4.74 Å². The molecule has 3 nitrogen and oxygen atoms in total. The quantitative estimate of drug-likeness (QED) is 0.719. The van der Waals surface area contributed by atoms with Crippen molar-refractivity contribution in [1.29, 1.82) is 0 Å². The van der Waals surface area contributed by atoms with Gasteiger partial charge >= 0.3 is 0 Å². The highest BCUT2D eigenvalue weighted by atomic mass is 79.9. The van der Waals surface area contributed by atoms with Crippen LogP contribution in [0.25, 0.3) is 0 Å². The molecule has 2 rings (SSSR count). The highest BCUT2D eigenvalue weighted by Crippen LogP contribution is 2.34. The van der Waals surface area contributed by atoms with Crippen molar-refractivity contribution >= 4 is 37.5 Å². The maximum atomic E-state index is 5.35. The molecule has 1 aromatic carbocycles. The Kier molecular flexibility index (Phi) is 5.38. The number of aryl methyl sites for hydroxylation is 1. The number of hydrogen-bond acceptors (Lipinski definition) is 2. The minimum atomic E-state index is 0.795. The Bertz CT molecular complexity index is 650. The van der Waals surface area contributed by atoms with Crippen molar-refractivity contribution in [2.45, 2.75) is 33.9 Å². The average molecular weight is 416 g/mol. The van der Waals surface area contributed by atoms with Crippen LogP contribution in [0.15, 0.2) is 27.1 Å². The molecular formula is C16H20Br2N2O. The second-order valence-electron chi connectivity index (χ2n) is 4.96. The van der Waals surface area contributed by atoms with Gasteiger partial charge in [-0.3, -0.25) is 0 Å². The smallest absolute Gasteiger partial charge is 0.135 e. The molecule has 0 fully saturated rings. The summed E-state index contributed by atoms with van der Waals surface area (Å²) in [6, 6.07) is 6.24. The van der Waals surface area contributed by atoms with Gasteiger partial charge in [0, 0.05) is 35.0 Å². The Labute approximate surface area is 142 Å². The molecular weight excluding hydrogens is 396 g/mol. The average Bonchev–Trinajstić information content (AvgIpc) is 2.72. The van der Waals surface area contributed by atoms with E-state index in [1.165, 1.54) is 17.0 Å². The van der Waals surface area contributed by atoms with Crippen molar-refractivity contribution < 1.29 is 4.74 Å². The van der Waals surface area contributed by atoms with Gasteiger partial charge in [0.2, 0.25) is 0 Å². The van der Waals surface area contributed by atoms with Gasteiger partial charge in [-0.2, -0.15) is 0 Å². The number of benzene rings is 1. The van der Waals surface area contributed by atoms with E-state index in [0.29, 0.717) is 0 Å². The first-order chi connectivity index (χ1) is 9.97. The fourth-order valence-electron chi connectivity index (χ4n) is 2.55. The molecule has 2 aromatic rings. The van der Waals surface area contributed by atoms with Crippen LogP contribution in [0, 0.1) is 13.8 Å². The molecule has 0 atom stereocenters. The second-order valence-corrected chi connectivity index (χ2v) is 6.67. The topological polar surface area (TPSA) is 26.2 Å². The number of nitrogens with one attached hydrogen (secondary N) is 1. The van der Waals surface area contributed by atoms with Crippen molar-refractivity contribution in [1.82, 2.24) is 4.57 Å². The molecule has 0 saturated carbocycles. The van der Waals surface area contributed by atoms with Gasteiger partial charge in [0.05, 0.1) is 17.3 Å². The van der Waals surface area contributed by atoms with E-state index >= 15 is 0 Å². The number of rotatable bonds is 5. The summed E-state index contributed by atoms with van der Waals surface area (Å²) in [7, 11) is 1.67. The summed E-state index contributed by atoms with van der Waals surface area (Å²) in [5.74, 6) is 0.819. The highest BCUT2D eigenvalue weighted by Gasteiger charge is 2.10. The molecule has 21 heavy (non-hydrogen) atoms. The van der Waals surface area contributed by atoms with E-state index in [1.807, 2.05) is 12.1 Å². The zero-order chi connectivity index (χ0) is 15.6. The largest absolute Gasteiger partial charge is 0.495 e. The molecule has 0 amide bonds. The van der Waals surface area contributed by atoms with Crippen LogP contribution in [-0.2, 0) is 13.1 Å². The van der Waals surface area contributed by atoms with E-state index < -0.39 is 0 Å². The standard InChI is InChI=1S/C16H20Br2N2O/c1-5-20-10(2)6-12(11(20)3)9-19-15-8-16(21-4)14(18)7-13(15)17/h6-8,19H,5,9H2,1-4H3. The number of aromatic nitrogens is 1. The third kappa shape index (κ3) is 3.46. The van der Waals surface area contributed by atoms with Crippen molar-refractivity contribution in [3.8, 4) is 5.75 Å². The summed E-state index contributed by atoms with van der Waals surface area (Å²) in [4.78, 5) is 0. The van der Waals surface area contributed by atoms with Crippen molar-refractivity contribution in [3.05, 3.63) is 44.1 Å². The third-order valence-electron chi connectivity index (χ3n) is 3.71. The predicted molar refractivity (Wildman–Crippen MR) is 95.3 cm³/mol. The van der Waals surface area contributed by atoms with Crippen LogP contribution in [-0.4, -0.2) is 11.7 Å². The predicted octanol–water partition coefficient (Wildman–Crippen LogP) is 5.27. The molecule has 1 N–H and O–H groups in total. The summed E-state index contributed by atoms with van der Waals surface area (Å²) in [5.41, 5.74) is 4.97. The molecule has 0 saturated heterocycles. The van der Waals surface area contributed by atoms with Crippen LogP contribution in [0.5, 0.6) is 5.75 Å². The minimum Gasteiger partial charge on any atom is -0.495 e.